The number of benzene rings is 1. The maximum absolute atomic E-state index is 12.2. The number of hydrogen-bond donors (Lipinski definition) is 2. The zero-order chi connectivity index (χ0) is 16.6. The van der Waals surface area contributed by atoms with Crippen molar-refractivity contribution < 1.29 is 4.79 Å². The topological polar surface area (TPSA) is 54.0 Å². The van der Waals surface area contributed by atoms with Gasteiger partial charge in [0.25, 0.3) is 5.91 Å². The molecule has 0 saturated heterocycles. The number of hydrogen-bond acceptors (Lipinski definition) is 3. The smallest absolute Gasteiger partial charge is 0.256 e. The molecule has 1 saturated carbocycles. The van der Waals surface area contributed by atoms with Gasteiger partial charge in [-0.05, 0) is 42.7 Å². The molecule has 1 amide bonds. The van der Waals surface area contributed by atoms with Crippen LogP contribution in [0.3, 0.4) is 0 Å². The number of carbonyl (C=O) groups is 1. The van der Waals surface area contributed by atoms with Gasteiger partial charge in [0.15, 0.2) is 0 Å². The van der Waals surface area contributed by atoms with Crippen LogP contribution in [0.1, 0.15) is 54.4 Å². The average molecular weight is 323 g/mol. The minimum Gasteiger partial charge on any atom is -0.310 e. The zero-order valence-electron chi connectivity index (χ0n) is 14.0. The van der Waals surface area contributed by atoms with Gasteiger partial charge in [-0.3, -0.25) is 4.79 Å². The number of carbonyl (C=O) groups excluding carboxylic acids is 1. The van der Waals surface area contributed by atoms with E-state index >= 15 is 0 Å². The Labute approximate surface area is 143 Å². The Morgan fingerprint density at radius 2 is 1.75 bits per heavy atom. The molecule has 0 radical (unpaired) electrons. The van der Waals surface area contributed by atoms with Crippen LogP contribution in [0, 0.1) is 0 Å². The second-order valence-electron chi connectivity index (χ2n) is 6.44. The molecule has 1 fully saturated rings. The lowest BCUT2D eigenvalue weighted by Gasteiger charge is -2.16. The summed E-state index contributed by atoms with van der Waals surface area (Å²) < 4.78 is 0. The highest BCUT2D eigenvalue weighted by atomic mass is 16.1. The van der Waals surface area contributed by atoms with Gasteiger partial charge in [-0.1, -0.05) is 43.9 Å². The average Bonchev–Trinajstić information content (AvgIpc) is 2.90. The molecule has 2 aromatic rings. The molecule has 0 aliphatic heterocycles. The van der Waals surface area contributed by atoms with Crippen molar-refractivity contribution in [3.8, 4) is 0 Å². The second-order valence-corrected chi connectivity index (χ2v) is 6.44. The van der Waals surface area contributed by atoms with E-state index in [4.69, 9.17) is 0 Å². The highest BCUT2D eigenvalue weighted by Crippen LogP contribution is 2.17. The highest BCUT2D eigenvalue weighted by molar-refractivity contribution is 6.03. The van der Waals surface area contributed by atoms with Crippen LogP contribution in [0.15, 0.2) is 48.7 Å². The van der Waals surface area contributed by atoms with Crippen molar-refractivity contribution in [3.05, 3.63) is 59.8 Å². The number of amides is 1. The first-order valence-electron chi connectivity index (χ1n) is 8.86. The SMILES string of the molecule is O=C(Nc1ccccn1)c1ccc(CNC2CCCCCC2)cc1. The molecule has 0 atom stereocenters. The van der Waals surface area contributed by atoms with E-state index in [2.05, 4.69) is 15.6 Å². The van der Waals surface area contributed by atoms with Gasteiger partial charge in [0, 0.05) is 24.3 Å². The lowest BCUT2D eigenvalue weighted by molar-refractivity contribution is 0.102. The van der Waals surface area contributed by atoms with E-state index in [0.29, 0.717) is 17.4 Å². The number of pyridine rings is 1. The molecule has 0 unspecified atom stereocenters. The maximum atomic E-state index is 12.2. The number of nitrogens with zero attached hydrogens (tertiary/aromatic N) is 1. The largest absolute Gasteiger partial charge is 0.310 e. The van der Waals surface area contributed by atoms with Gasteiger partial charge < -0.3 is 10.6 Å². The number of anilines is 1. The Morgan fingerprint density at radius 3 is 2.42 bits per heavy atom. The molecule has 1 aromatic carbocycles. The molecule has 4 nitrogen and oxygen atoms in total. The van der Waals surface area contributed by atoms with E-state index in [1.54, 1.807) is 12.3 Å². The number of rotatable bonds is 5. The Morgan fingerprint density at radius 1 is 1.00 bits per heavy atom. The third-order valence-corrected chi connectivity index (χ3v) is 4.57. The number of aromatic nitrogens is 1. The summed E-state index contributed by atoms with van der Waals surface area (Å²) in [5, 5.41) is 6.46. The molecule has 1 aliphatic rings. The normalized spacial score (nSPS) is 15.7. The molecule has 24 heavy (non-hydrogen) atoms. The van der Waals surface area contributed by atoms with Crippen molar-refractivity contribution >= 4 is 11.7 Å². The predicted octanol–water partition coefficient (Wildman–Crippen LogP) is 4.15. The second kappa shape index (κ2) is 8.60. The third-order valence-electron chi connectivity index (χ3n) is 4.57. The summed E-state index contributed by atoms with van der Waals surface area (Å²) in [5.41, 5.74) is 1.87. The monoisotopic (exact) mass is 323 g/mol. The summed E-state index contributed by atoms with van der Waals surface area (Å²) >= 11 is 0. The van der Waals surface area contributed by atoms with E-state index in [0.717, 1.165) is 6.54 Å². The van der Waals surface area contributed by atoms with Crippen LogP contribution in [0.4, 0.5) is 5.82 Å². The minimum absolute atomic E-state index is 0.128. The lowest BCUT2D eigenvalue weighted by atomic mass is 10.1. The summed E-state index contributed by atoms with van der Waals surface area (Å²) in [6.45, 7) is 0.868. The summed E-state index contributed by atoms with van der Waals surface area (Å²) in [5.74, 6) is 0.443. The van der Waals surface area contributed by atoms with Crippen LogP contribution in [0.5, 0.6) is 0 Å². The van der Waals surface area contributed by atoms with E-state index in [1.807, 2.05) is 36.4 Å². The van der Waals surface area contributed by atoms with Gasteiger partial charge >= 0.3 is 0 Å². The fourth-order valence-electron chi connectivity index (χ4n) is 3.14. The molecule has 1 heterocycles. The quantitative estimate of drug-likeness (QED) is 0.813. The minimum atomic E-state index is -0.128. The summed E-state index contributed by atoms with van der Waals surface area (Å²) in [7, 11) is 0. The van der Waals surface area contributed by atoms with Crippen LogP contribution in [0.25, 0.3) is 0 Å². The summed E-state index contributed by atoms with van der Waals surface area (Å²) in [4.78, 5) is 16.3. The fraction of sp³-hybridized carbons (Fsp3) is 0.400. The Hall–Kier alpha value is -2.20. The molecule has 3 rings (SSSR count). The standard InChI is InChI=1S/C20H25N3O/c24-20(23-19-9-5-6-14-21-19)17-12-10-16(11-13-17)15-22-18-7-3-1-2-4-8-18/h5-6,9-14,18,22H,1-4,7-8,15H2,(H,21,23,24). The molecule has 0 bridgehead atoms. The number of nitrogens with one attached hydrogen (secondary N) is 2. The van der Waals surface area contributed by atoms with Crippen molar-refractivity contribution in [3.63, 3.8) is 0 Å². The molecule has 2 N–H and O–H groups in total. The van der Waals surface area contributed by atoms with E-state index in [1.165, 1.54) is 44.1 Å². The van der Waals surface area contributed by atoms with Gasteiger partial charge in [0.1, 0.15) is 5.82 Å². The van der Waals surface area contributed by atoms with Gasteiger partial charge in [-0.25, -0.2) is 4.98 Å². The van der Waals surface area contributed by atoms with Crippen molar-refractivity contribution in [1.29, 1.82) is 0 Å². The van der Waals surface area contributed by atoms with Crippen molar-refractivity contribution in [2.45, 2.75) is 51.1 Å². The zero-order valence-corrected chi connectivity index (χ0v) is 14.0. The highest BCUT2D eigenvalue weighted by Gasteiger charge is 2.11. The van der Waals surface area contributed by atoms with Crippen molar-refractivity contribution in [2.24, 2.45) is 0 Å². The predicted molar refractivity (Wildman–Crippen MR) is 97.0 cm³/mol. The Balaban J connectivity index is 1.52. The Bertz CT molecular complexity index is 632. The summed E-state index contributed by atoms with van der Waals surface area (Å²) in [6, 6.07) is 13.9. The van der Waals surface area contributed by atoms with Gasteiger partial charge in [0.2, 0.25) is 0 Å². The van der Waals surface area contributed by atoms with Crippen LogP contribution in [-0.4, -0.2) is 16.9 Å². The summed E-state index contributed by atoms with van der Waals surface area (Å²) in [6.07, 6.45) is 9.65. The van der Waals surface area contributed by atoms with E-state index in [-0.39, 0.29) is 5.91 Å². The molecule has 126 valence electrons. The van der Waals surface area contributed by atoms with Gasteiger partial charge in [0.05, 0.1) is 0 Å². The third kappa shape index (κ3) is 4.90. The van der Waals surface area contributed by atoms with Crippen LogP contribution in [-0.2, 0) is 6.54 Å². The van der Waals surface area contributed by atoms with Crippen LogP contribution < -0.4 is 10.6 Å². The van der Waals surface area contributed by atoms with E-state index in [9.17, 15) is 4.79 Å². The molecule has 1 aromatic heterocycles. The molecular formula is C20H25N3O. The molecular weight excluding hydrogens is 298 g/mol. The van der Waals surface area contributed by atoms with Gasteiger partial charge in [-0.15, -0.1) is 0 Å². The van der Waals surface area contributed by atoms with Crippen LogP contribution >= 0.6 is 0 Å². The molecule has 4 heteroatoms. The van der Waals surface area contributed by atoms with E-state index < -0.39 is 0 Å². The Kier molecular flexibility index (Phi) is 5.96. The first kappa shape index (κ1) is 16.7. The van der Waals surface area contributed by atoms with Crippen molar-refractivity contribution in [2.75, 3.05) is 5.32 Å². The maximum Gasteiger partial charge on any atom is 0.256 e. The first-order valence-corrected chi connectivity index (χ1v) is 8.86. The van der Waals surface area contributed by atoms with Crippen molar-refractivity contribution in [1.82, 2.24) is 10.3 Å². The molecule has 0 spiro atoms. The fourth-order valence-corrected chi connectivity index (χ4v) is 3.14. The van der Waals surface area contributed by atoms with Gasteiger partial charge in [-0.2, -0.15) is 0 Å². The lowest BCUT2D eigenvalue weighted by Crippen LogP contribution is -2.27. The van der Waals surface area contributed by atoms with Crippen LogP contribution in [0.2, 0.25) is 0 Å². The first-order chi connectivity index (χ1) is 11.8. The molecule has 1 aliphatic carbocycles.